The number of hydrogen-bond donors (Lipinski definition) is 2. The summed E-state index contributed by atoms with van der Waals surface area (Å²) in [4.78, 5) is 33.0. The molecule has 0 aromatic carbocycles. The van der Waals surface area contributed by atoms with Crippen molar-refractivity contribution in [3.63, 3.8) is 0 Å². The van der Waals surface area contributed by atoms with E-state index in [0.29, 0.717) is 19.3 Å². The molecule has 1 unspecified atom stereocenters. The van der Waals surface area contributed by atoms with E-state index in [1.165, 1.54) is 6.92 Å². The van der Waals surface area contributed by atoms with E-state index >= 15 is 0 Å². The van der Waals surface area contributed by atoms with E-state index < -0.39 is 28.8 Å². The Balaban J connectivity index is 5.31. The first-order chi connectivity index (χ1) is 10.6. The van der Waals surface area contributed by atoms with E-state index in [1.807, 2.05) is 0 Å². The highest BCUT2D eigenvalue weighted by Gasteiger charge is 2.56. The molecule has 0 bridgehead atoms. The van der Waals surface area contributed by atoms with Crippen LogP contribution in [-0.4, -0.2) is 33.9 Å². The van der Waals surface area contributed by atoms with Crippen molar-refractivity contribution in [2.45, 2.75) is 77.1 Å². The fourth-order valence-electron chi connectivity index (χ4n) is 1.57. The second kappa shape index (κ2) is 9.77. The third kappa shape index (κ3) is 7.22. The van der Waals surface area contributed by atoms with E-state index in [1.54, 1.807) is 20.8 Å². The lowest BCUT2D eigenvalue weighted by atomic mass is 10.2. The summed E-state index contributed by atoms with van der Waals surface area (Å²) in [6.07, 6.45) is 1.54. The quantitative estimate of drug-likeness (QED) is 0.354. The Kier molecular flexibility index (Phi) is 9.23. The molecule has 0 amide bonds. The maximum absolute atomic E-state index is 11.7. The van der Waals surface area contributed by atoms with Gasteiger partial charge in [0.1, 0.15) is 0 Å². The molecule has 0 heterocycles. The number of carbonyl (C=O) groups is 3. The summed E-state index contributed by atoms with van der Waals surface area (Å²) in [6.45, 7) is 6.43. The van der Waals surface area contributed by atoms with Crippen LogP contribution in [0.1, 0.15) is 66.2 Å². The van der Waals surface area contributed by atoms with Crippen molar-refractivity contribution in [3.05, 3.63) is 0 Å². The van der Waals surface area contributed by atoms with Gasteiger partial charge in [0.15, 0.2) is 0 Å². The van der Waals surface area contributed by atoms with Crippen molar-refractivity contribution in [2.75, 3.05) is 0 Å². The molecular weight excluding hydrogens is 324 g/mol. The predicted molar refractivity (Wildman–Crippen MR) is 85.3 cm³/mol. The van der Waals surface area contributed by atoms with Gasteiger partial charge in [-0.2, -0.15) is 0 Å². The Morgan fingerprint density at radius 3 is 1.43 bits per heavy atom. The van der Waals surface area contributed by atoms with Crippen LogP contribution in [0.5, 0.6) is 0 Å². The number of esters is 3. The van der Waals surface area contributed by atoms with Crippen LogP contribution in [0, 0.1) is 0 Å². The maximum atomic E-state index is 11.7. The van der Waals surface area contributed by atoms with Crippen LogP contribution in [0.4, 0.5) is 0 Å². The van der Waals surface area contributed by atoms with Gasteiger partial charge in [-0.05, 0) is 26.2 Å². The van der Waals surface area contributed by atoms with Gasteiger partial charge in [-0.3, -0.25) is 14.4 Å². The molecule has 0 aliphatic heterocycles. The van der Waals surface area contributed by atoms with Gasteiger partial charge in [0.2, 0.25) is 0 Å². The van der Waals surface area contributed by atoms with E-state index in [2.05, 4.69) is 12.6 Å². The second-order valence-corrected chi connectivity index (χ2v) is 6.09. The first kappa shape index (κ1) is 21.7. The standard InChI is InChI=1S/C15H26O7S/c1-5-8-11(16)20-14(4,23)15(19,21-12(17)9-6-2)22-13(18)10-7-3/h19,23H,5-10H2,1-4H3. The van der Waals surface area contributed by atoms with E-state index in [4.69, 9.17) is 14.2 Å². The Bertz CT molecular complexity index is 400. The molecule has 0 aromatic heterocycles. The topological polar surface area (TPSA) is 99.1 Å². The van der Waals surface area contributed by atoms with Crippen molar-refractivity contribution < 1.29 is 33.7 Å². The molecule has 134 valence electrons. The highest BCUT2D eigenvalue weighted by molar-refractivity contribution is 7.81. The number of rotatable bonds is 10. The average molecular weight is 350 g/mol. The molecule has 7 nitrogen and oxygen atoms in total. The molecule has 1 N–H and O–H groups in total. The van der Waals surface area contributed by atoms with Gasteiger partial charge < -0.3 is 19.3 Å². The summed E-state index contributed by atoms with van der Waals surface area (Å²) in [5.41, 5.74) is 0. The van der Waals surface area contributed by atoms with Gasteiger partial charge in [0.05, 0.1) is 0 Å². The molecule has 0 rings (SSSR count). The molecule has 8 heteroatoms. The Labute approximate surface area is 142 Å². The fraction of sp³-hybridized carbons (Fsp3) is 0.800. The number of thiol groups is 1. The fourth-order valence-corrected chi connectivity index (χ4v) is 1.76. The summed E-state index contributed by atoms with van der Waals surface area (Å²) in [5, 5.41) is 10.5. The molecule has 0 saturated heterocycles. The first-order valence-corrected chi connectivity index (χ1v) is 8.16. The number of ether oxygens (including phenoxy) is 3. The van der Waals surface area contributed by atoms with Gasteiger partial charge in [0, 0.05) is 19.3 Å². The third-order valence-electron chi connectivity index (χ3n) is 2.77. The molecule has 0 saturated carbocycles. The summed E-state index contributed by atoms with van der Waals surface area (Å²) < 4.78 is 14.7. The Morgan fingerprint density at radius 2 is 1.13 bits per heavy atom. The summed E-state index contributed by atoms with van der Waals surface area (Å²) in [7, 11) is 0. The van der Waals surface area contributed by atoms with Gasteiger partial charge in [0.25, 0.3) is 4.93 Å². The van der Waals surface area contributed by atoms with Crippen molar-refractivity contribution in [1.29, 1.82) is 0 Å². The van der Waals surface area contributed by atoms with E-state index in [0.717, 1.165) is 0 Å². The second-order valence-electron chi connectivity index (χ2n) is 5.24. The zero-order chi connectivity index (χ0) is 18.1. The monoisotopic (exact) mass is 350 g/mol. The van der Waals surface area contributed by atoms with Crippen LogP contribution in [0.25, 0.3) is 0 Å². The number of carbonyl (C=O) groups excluding carboxylic acids is 3. The van der Waals surface area contributed by atoms with Crippen LogP contribution in [0.2, 0.25) is 0 Å². The van der Waals surface area contributed by atoms with Crippen LogP contribution < -0.4 is 0 Å². The zero-order valence-corrected chi connectivity index (χ0v) is 15.0. The third-order valence-corrected chi connectivity index (χ3v) is 3.14. The summed E-state index contributed by atoms with van der Waals surface area (Å²) in [6, 6.07) is 0. The summed E-state index contributed by atoms with van der Waals surface area (Å²) in [5.74, 6) is -5.07. The molecule has 0 radical (unpaired) electrons. The van der Waals surface area contributed by atoms with E-state index in [-0.39, 0.29) is 19.3 Å². The number of hydrogen-bond acceptors (Lipinski definition) is 8. The molecule has 23 heavy (non-hydrogen) atoms. The van der Waals surface area contributed by atoms with Gasteiger partial charge in [-0.15, -0.1) is 12.6 Å². The first-order valence-electron chi connectivity index (χ1n) is 7.72. The van der Waals surface area contributed by atoms with Crippen molar-refractivity contribution in [1.82, 2.24) is 0 Å². The van der Waals surface area contributed by atoms with Gasteiger partial charge >= 0.3 is 23.9 Å². The van der Waals surface area contributed by atoms with Gasteiger partial charge in [-0.25, -0.2) is 0 Å². The summed E-state index contributed by atoms with van der Waals surface area (Å²) >= 11 is 4.04. The SMILES string of the molecule is CCCC(=O)OC(C)(S)C(O)(OC(=O)CCC)OC(=O)CCC. The Hall–Kier alpha value is -1.28. The highest BCUT2D eigenvalue weighted by Crippen LogP contribution is 2.34. The Morgan fingerprint density at radius 1 is 0.826 bits per heavy atom. The van der Waals surface area contributed by atoms with Gasteiger partial charge in [-0.1, -0.05) is 20.8 Å². The van der Waals surface area contributed by atoms with Crippen molar-refractivity contribution in [3.8, 4) is 0 Å². The lowest BCUT2D eigenvalue weighted by Crippen LogP contribution is -2.57. The van der Waals surface area contributed by atoms with Crippen LogP contribution in [0.15, 0.2) is 0 Å². The van der Waals surface area contributed by atoms with Crippen molar-refractivity contribution >= 4 is 30.5 Å². The highest BCUT2D eigenvalue weighted by atomic mass is 32.1. The average Bonchev–Trinajstić information content (AvgIpc) is 2.37. The largest absolute Gasteiger partial charge is 0.437 e. The molecule has 0 fully saturated rings. The maximum Gasteiger partial charge on any atom is 0.425 e. The molecule has 1 atom stereocenters. The van der Waals surface area contributed by atoms with Crippen LogP contribution in [0.3, 0.4) is 0 Å². The van der Waals surface area contributed by atoms with Crippen LogP contribution >= 0.6 is 12.6 Å². The van der Waals surface area contributed by atoms with Crippen LogP contribution in [-0.2, 0) is 28.6 Å². The van der Waals surface area contributed by atoms with E-state index in [9.17, 15) is 19.5 Å². The molecule has 0 spiro atoms. The number of aliphatic hydroxyl groups is 1. The minimum absolute atomic E-state index is 0.000399. The molecular formula is C15H26O7S. The van der Waals surface area contributed by atoms with Crippen molar-refractivity contribution in [2.24, 2.45) is 0 Å². The normalized spacial score (nSPS) is 13.8. The molecule has 0 aliphatic carbocycles. The predicted octanol–water partition coefficient (Wildman–Crippen LogP) is 2.31. The minimum atomic E-state index is -2.81. The zero-order valence-electron chi connectivity index (χ0n) is 14.1. The lowest BCUT2D eigenvalue weighted by molar-refractivity contribution is -0.367. The minimum Gasteiger partial charge on any atom is -0.437 e. The lowest BCUT2D eigenvalue weighted by Gasteiger charge is -2.37. The molecule has 0 aliphatic rings. The smallest absolute Gasteiger partial charge is 0.425 e. The molecule has 0 aromatic rings.